The summed E-state index contributed by atoms with van der Waals surface area (Å²) < 4.78 is 38.5. The molecule has 2 rings (SSSR count). The summed E-state index contributed by atoms with van der Waals surface area (Å²) in [4.78, 5) is 12.9. The number of benzene rings is 1. The summed E-state index contributed by atoms with van der Waals surface area (Å²) in [5.74, 6) is -0.136. The normalized spacial score (nSPS) is 16.4. The first-order chi connectivity index (χ1) is 8.43. The van der Waals surface area contributed by atoms with Crippen LogP contribution in [0.15, 0.2) is 18.2 Å². The van der Waals surface area contributed by atoms with Gasteiger partial charge in [-0.25, -0.2) is 0 Å². The van der Waals surface area contributed by atoms with E-state index in [1.54, 1.807) is 0 Å². The Hall–Kier alpha value is -1.56. The number of carbonyl (C=O) groups excluding carboxylic acids is 1. The quantitative estimate of drug-likeness (QED) is 0.884. The zero-order valence-corrected chi connectivity index (χ0v) is 9.63. The first-order valence-corrected chi connectivity index (χ1v) is 5.64. The average Bonchev–Trinajstić information content (AvgIpc) is 2.73. The van der Waals surface area contributed by atoms with Crippen molar-refractivity contribution < 1.29 is 18.0 Å². The van der Waals surface area contributed by atoms with Crippen molar-refractivity contribution in [3.8, 4) is 0 Å². The zero-order chi connectivity index (χ0) is 13.3. The second kappa shape index (κ2) is 4.61. The zero-order valence-electron chi connectivity index (χ0n) is 9.63. The van der Waals surface area contributed by atoms with E-state index in [1.807, 2.05) is 0 Å². The largest absolute Gasteiger partial charge is 0.416 e. The van der Waals surface area contributed by atoms with E-state index >= 15 is 0 Å². The van der Waals surface area contributed by atoms with Crippen molar-refractivity contribution in [1.82, 2.24) is 0 Å². The first-order valence-electron chi connectivity index (χ1n) is 5.64. The second-order valence-corrected chi connectivity index (χ2v) is 4.19. The van der Waals surface area contributed by atoms with Crippen LogP contribution < -0.4 is 10.6 Å². The second-order valence-electron chi connectivity index (χ2n) is 4.19. The molecule has 1 aliphatic heterocycles. The maximum absolute atomic E-state index is 12.8. The fourth-order valence-electron chi connectivity index (χ4n) is 2.10. The number of halogens is 3. The van der Waals surface area contributed by atoms with Gasteiger partial charge in [-0.15, -0.1) is 0 Å². The van der Waals surface area contributed by atoms with E-state index in [2.05, 4.69) is 0 Å². The Kier molecular flexibility index (Phi) is 3.30. The molecule has 0 atom stereocenters. The number of alkyl halides is 3. The van der Waals surface area contributed by atoms with Gasteiger partial charge in [-0.05, 0) is 24.1 Å². The van der Waals surface area contributed by atoms with E-state index < -0.39 is 11.7 Å². The molecule has 2 N–H and O–H groups in total. The van der Waals surface area contributed by atoms with Crippen molar-refractivity contribution in [3.63, 3.8) is 0 Å². The van der Waals surface area contributed by atoms with Crippen LogP contribution in [-0.4, -0.2) is 12.5 Å². The van der Waals surface area contributed by atoms with Crippen LogP contribution in [0.25, 0.3) is 0 Å². The fourth-order valence-corrected chi connectivity index (χ4v) is 2.10. The molecule has 18 heavy (non-hydrogen) atoms. The molecule has 6 heteroatoms. The van der Waals surface area contributed by atoms with Crippen molar-refractivity contribution in [1.29, 1.82) is 0 Å². The van der Waals surface area contributed by atoms with Gasteiger partial charge in [-0.2, -0.15) is 13.2 Å². The summed E-state index contributed by atoms with van der Waals surface area (Å²) in [6.45, 7) is 0.293. The van der Waals surface area contributed by atoms with Crippen molar-refractivity contribution in [3.05, 3.63) is 29.3 Å². The predicted molar refractivity (Wildman–Crippen MR) is 60.9 cm³/mol. The van der Waals surface area contributed by atoms with Gasteiger partial charge in [0.1, 0.15) is 0 Å². The number of carbonyl (C=O) groups is 1. The van der Waals surface area contributed by atoms with Crippen LogP contribution in [0.5, 0.6) is 0 Å². The summed E-state index contributed by atoms with van der Waals surface area (Å²) in [5, 5.41) is 0. The van der Waals surface area contributed by atoms with Crippen molar-refractivity contribution in [2.24, 2.45) is 5.73 Å². The van der Waals surface area contributed by atoms with Gasteiger partial charge in [0.15, 0.2) is 0 Å². The predicted octanol–water partition coefficient (Wildman–Crippen LogP) is 2.29. The maximum Gasteiger partial charge on any atom is 0.416 e. The molecule has 3 nitrogen and oxygen atoms in total. The first kappa shape index (κ1) is 12.9. The molecule has 0 spiro atoms. The molecule has 0 aromatic heterocycles. The van der Waals surface area contributed by atoms with Crippen molar-refractivity contribution >= 4 is 11.6 Å². The van der Waals surface area contributed by atoms with Gasteiger partial charge in [-0.3, -0.25) is 4.79 Å². The summed E-state index contributed by atoms with van der Waals surface area (Å²) >= 11 is 0. The monoisotopic (exact) mass is 258 g/mol. The molecule has 1 aromatic carbocycles. The molecule has 1 aliphatic rings. The van der Waals surface area contributed by atoms with Crippen LogP contribution in [0.1, 0.15) is 24.0 Å². The minimum Gasteiger partial charge on any atom is -0.326 e. The van der Waals surface area contributed by atoms with Crippen LogP contribution in [0, 0.1) is 0 Å². The highest BCUT2D eigenvalue weighted by Gasteiger charge is 2.34. The number of hydrogen-bond acceptors (Lipinski definition) is 2. The fraction of sp³-hybridized carbons (Fsp3) is 0.417. The summed E-state index contributed by atoms with van der Waals surface area (Å²) in [6, 6.07) is 3.86. The van der Waals surface area contributed by atoms with Gasteiger partial charge in [0.25, 0.3) is 0 Å². The lowest BCUT2D eigenvalue weighted by atomic mass is 10.1. The molecule has 1 saturated heterocycles. The van der Waals surface area contributed by atoms with E-state index in [0.717, 1.165) is 6.07 Å². The SMILES string of the molecule is NCc1ccc(N2CCCC2=O)cc1C(F)(F)F. The van der Waals surface area contributed by atoms with Gasteiger partial charge in [0, 0.05) is 25.2 Å². The minimum atomic E-state index is -4.45. The van der Waals surface area contributed by atoms with Crippen LogP contribution in [0.3, 0.4) is 0 Å². The Morgan fingerprint density at radius 3 is 2.56 bits per heavy atom. The Bertz CT molecular complexity index is 471. The highest BCUT2D eigenvalue weighted by atomic mass is 19.4. The van der Waals surface area contributed by atoms with Gasteiger partial charge in [-0.1, -0.05) is 6.07 Å². The van der Waals surface area contributed by atoms with E-state index in [9.17, 15) is 18.0 Å². The number of amides is 1. The van der Waals surface area contributed by atoms with Gasteiger partial charge in [0.2, 0.25) is 5.91 Å². The molecule has 0 unspecified atom stereocenters. The summed E-state index contributed by atoms with van der Waals surface area (Å²) in [5.41, 5.74) is 4.87. The standard InChI is InChI=1S/C12H13F3N2O/c13-12(14,15)10-6-9(4-3-8(10)7-16)17-5-1-2-11(17)18/h3-4,6H,1-2,5,7,16H2. The average molecular weight is 258 g/mol. The van der Waals surface area contributed by atoms with E-state index in [1.165, 1.54) is 17.0 Å². The third-order valence-corrected chi connectivity index (χ3v) is 3.00. The highest BCUT2D eigenvalue weighted by Crippen LogP contribution is 2.35. The number of hydrogen-bond donors (Lipinski definition) is 1. The van der Waals surface area contributed by atoms with Crippen LogP contribution in [0.4, 0.5) is 18.9 Å². The van der Waals surface area contributed by atoms with E-state index in [4.69, 9.17) is 5.73 Å². The smallest absolute Gasteiger partial charge is 0.326 e. The van der Waals surface area contributed by atoms with Gasteiger partial charge >= 0.3 is 6.18 Å². The Morgan fingerprint density at radius 1 is 1.33 bits per heavy atom. The van der Waals surface area contributed by atoms with Crippen LogP contribution in [0.2, 0.25) is 0 Å². The van der Waals surface area contributed by atoms with Crippen LogP contribution >= 0.6 is 0 Å². The molecule has 0 bridgehead atoms. The molecule has 1 amide bonds. The summed E-state index contributed by atoms with van der Waals surface area (Å²) in [7, 11) is 0. The molecule has 0 radical (unpaired) electrons. The van der Waals surface area contributed by atoms with E-state index in [0.29, 0.717) is 25.1 Å². The minimum absolute atomic E-state index is 0.0397. The highest BCUT2D eigenvalue weighted by molar-refractivity contribution is 5.95. The molecule has 1 heterocycles. The topological polar surface area (TPSA) is 46.3 Å². The number of nitrogens with zero attached hydrogens (tertiary/aromatic N) is 1. The molecule has 1 fully saturated rings. The molecular formula is C12H13F3N2O. The van der Waals surface area contributed by atoms with E-state index in [-0.39, 0.29) is 18.0 Å². The molecule has 0 saturated carbocycles. The molecule has 1 aromatic rings. The molecular weight excluding hydrogens is 245 g/mol. The molecule has 0 aliphatic carbocycles. The lowest BCUT2D eigenvalue weighted by Crippen LogP contribution is -2.24. The lowest BCUT2D eigenvalue weighted by molar-refractivity contribution is -0.138. The summed E-state index contributed by atoms with van der Waals surface area (Å²) in [6.07, 6.45) is -3.38. The number of rotatable bonds is 2. The Labute approximate surface area is 102 Å². The van der Waals surface area contributed by atoms with Crippen LogP contribution in [-0.2, 0) is 17.5 Å². The molecule has 98 valence electrons. The van der Waals surface area contributed by atoms with Gasteiger partial charge < -0.3 is 10.6 Å². The Balaban J connectivity index is 2.43. The Morgan fingerprint density at radius 2 is 2.06 bits per heavy atom. The third kappa shape index (κ3) is 2.33. The number of anilines is 1. The van der Waals surface area contributed by atoms with Crippen molar-refractivity contribution in [2.45, 2.75) is 25.6 Å². The third-order valence-electron chi connectivity index (χ3n) is 3.00. The number of nitrogens with two attached hydrogens (primary N) is 1. The maximum atomic E-state index is 12.8. The van der Waals surface area contributed by atoms with Crippen molar-refractivity contribution in [2.75, 3.05) is 11.4 Å². The van der Waals surface area contributed by atoms with Gasteiger partial charge in [0.05, 0.1) is 5.56 Å². The lowest BCUT2D eigenvalue weighted by Gasteiger charge is -2.19.